The number of hydrogen-bond acceptors (Lipinski definition) is 6. The van der Waals surface area contributed by atoms with Gasteiger partial charge >= 0.3 is 0 Å². The molecule has 1 saturated heterocycles. The van der Waals surface area contributed by atoms with Crippen LogP contribution < -0.4 is 4.74 Å². The Labute approximate surface area is 150 Å². The summed E-state index contributed by atoms with van der Waals surface area (Å²) in [6, 6.07) is 12.3. The zero-order chi connectivity index (χ0) is 18.7. The molecule has 0 amide bonds. The lowest BCUT2D eigenvalue weighted by Gasteiger charge is -2.17. The number of nitrogens with zero attached hydrogens (tertiary/aromatic N) is 1. The minimum absolute atomic E-state index is 0.0495. The predicted octanol–water partition coefficient (Wildman–Crippen LogP) is 3.36. The van der Waals surface area contributed by atoms with Crippen LogP contribution in [0.2, 0.25) is 0 Å². The number of carbonyl (C=O) groups is 1. The number of hydrogen-bond donors (Lipinski definition) is 0. The molecule has 0 spiro atoms. The fraction of sp³-hybridized carbons (Fsp3) is 0.316. The van der Waals surface area contributed by atoms with E-state index in [4.69, 9.17) is 14.2 Å². The third-order valence-corrected chi connectivity index (χ3v) is 3.96. The fourth-order valence-corrected chi connectivity index (χ4v) is 2.64. The number of ketones is 1. The van der Waals surface area contributed by atoms with E-state index in [2.05, 4.69) is 0 Å². The van der Waals surface area contributed by atoms with Crippen LogP contribution in [-0.2, 0) is 9.47 Å². The first-order valence-corrected chi connectivity index (χ1v) is 8.18. The van der Waals surface area contributed by atoms with Gasteiger partial charge in [-0.05, 0) is 50.2 Å². The molecule has 136 valence electrons. The summed E-state index contributed by atoms with van der Waals surface area (Å²) in [5.74, 6) is -0.172. The highest BCUT2D eigenvalue weighted by atomic mass is 16.7. The molecule has 0 aromatic heterocycles. The zero-order valence-corrected chi connectivity index (χ0v) is 14.5. The third-order valence-electron chi connectivity index (χ3n) is 3.96. The normalized spacial score (nSPS) is 18.5. The molecule has 7 nitrogen and oxygen atoms in total. The number of nitro benzene ring substituents is 1. The quantitative estimate of drug-likeness (QED) is 0.447. The second kappa shape index (κ2) is 7.23. The summed E-state index contributed by atoms with van der Waals surface area (Å²) < 4.78 is 16.8. The van der Waals surface area contributed by atoms with E-state index in [1.165, 1.54) is 24.3 Å². The number of non-ortho nitro benzene ring substituents is 1. The van der Waals surface area contributed by atoms with Crippen molar-refractivity contribution in [2.45, 2.75) is 25.7 Å². The van der Waals surface area contributed by atoms with Gasteiger partial charge in [0, 0.05) is 23.3 Å². The lowest BCUT2D eigenvalue weighted by atomic mass is 10.0. The Morgan fingerprint density at radius 1 is 1.15 bits per heavy atom. The van der Waals surface area contributed by atoms with Gasteiger partial charge in [-0.1, -0.05) is 0 Å². The van der Waals surface area contributed by atoms with Gasteiger partial charge in [-0.15, -0.1) is 0 Å². The van der Waals surface area contributed by atoms with Crippen molar-refractivity contribution in [2.75, 3.05) is 13.2 Å². The lowest BCUT2D eigenvalue weighted by molar-refractivity contribution is -0.384. The minimum atomic E-state index is -0.588. The highest BCUT2D eigenvalue weighted by Gasteiger charge is 2.32. The van der Waals surface area contributed by atoms with Gasteiger partial charge in [0.2, 0.25) is 0 Å². The van der Waals surface area contributed by atoms with E-state index in [0.29, 0.717) is 30.1 Å². The van der Waals surface area contributed by atoms with Gasteiger partial charge in [0.05, 0.1) is 11.5 Å². The summed E-state index contributed by atoms with van der Waals surface area (Å²) in [5, 5.41) is 10.7. The molecule has 0 saturated carbocycles. The molecule has 0 N–H and O–H groups in total. The SMILES string of the molecule is CC1(C)OCC(COc2ccc(C(=O)c3ccc([N+](=O)[O-])cc3)cc2)O1. The monoisotopic (exact) mass is 357 g/mol. The van der Waals surface area contributed by atoms with Crippen LogP contribution in [0.3, 0.4) is 0 Å². The van der Waals surface area contributed by atoms with E-state index in [1.54, 1.807) is 24.3 Å². The first-order valence-electron chi connectivity index (χ1n) is 8.18. The van der Waals surface area contributed by atoms with Crippen LogP contribution in [0.25, 0.3) is 0 Å². The summed E-state index contributed by atoms with van der Waals surface area (Å²) in [5.41, 5.74) is 0.822. The molecular weight excluding hydrogens is 338 g/mol. The first-order chi connectivity index (χ1) is 12.3. The second-order valence-electron chi connectivity index (χ2n) is 6.42. The minimum Gasteiger partial charge on any atom is -0.491 e. The molecule has 1 heterocycles. The number of ether oxygens (including phenoxy) is 3. The van der Waals surface area contributed by atoms with Gasteiger partial charge in [-0.3, -0.25) is 14.9 Å². The van der Waals surface area contributed by atoms with Crippen LogP contribution in [0.5, 0.6) is 5.75 Å². The van der Waals surface area contributed by atoms with Crippen molar-refractivity contribution in [3.63, 3.8) is 0 Å². The van der Waals surface area contributed by atoms with Gasteiger partial charge in [0.25, 0.3) is 5.69 Å². The van der Waals surface area contributed by atoms with Crippen LogP contribution in [0, 0.1) is 10.1 Å². The molecule has 1 fully saturated rings. The van der Waals surface area contributed by atoms with Crippen molar-refractivity contribution >= 4 is 11.5 Å². The topological polar surface area (TPSA) is 87.9 Å². The molecule has 1 aliphatic rings. The maximum absolute atomic E-state index is 12.4. The van der Waals surface area contributed by atoms with Crippen LogP contribution in [0.15, 0.2) is 48.5 Å². The van der Waals surface area contributed by atoms with Crippen molar-refractivity contribution in [1.29, 1.82) is 0 Å². The number of rotatable bonds is 6. The van der Waals surface area contributed by atoms with Crippen LogP contribution in [0.1, 0.15) is 29.8 Å². The van der Waals surface area contributed by atoms with Gasteiger partial charge in [0.1, 0.15) is 18.5 Å². The second-order valence-corrected chi connectivity index (χ2v) is 6.42. The summed E-state index contributed by atoms with van der Waals surface area (Å²) in [7, 11) is 0. The van der Waals surface area contributed by atoms with Crippen LogP contribution in [-0.4, -0.2) is 35.8 Å². The molecule has 2 aromatic rings. The van der Waals surface area contributed by atoms with Crippen molar-refractivity contribution in [2.24, 2.45) is 0 Å². The van der Waals surface area contributed by atoms with E-state index in [9.17, 15) is 14.9 Å². The molecule has 2 aromatic carbocycles. The molecule has 1 unspecified atom stereocenters. The Morgan fingerprint density at radius 2 is 1.73 bits per heavy atom. The van der Waals surface area contributed by atoms with Crippen molar-refractivity contribution in [3.8, 4) is 5.75 Å². The number of carbonyl (C=O) groups excluding carboxylic acids is 1. The van der Waals surface area contributed by atoms with Crippen molar-refractivity contribution in [3.05, 3.63) is 69.8 Å². The third kappa shape index (κ3) is 4.25. The van der Waals surface area contributed by atoms with E-state index in [-0.39, 0.29) is 17.6 Å². The Bertz CT molecular complexity index is 798. The Balaban J connectivity index is 1.60. The standard InChI is InChI=1S/C19H19NO6/c1-19(2)25-12-17(26-19)11-24-16-9-5-14(6-10-16)18(21)13-3-7-15(8-4-13)20(22)23/h3-10,17H,11-12H2,1-2H3. The lowest BCUT2D eigenvalue weighted by Crippen LogP contribution is -2.25. The average Bonchev–Trinajstić information content (AvgIpc) is 2.99. The predicted molar refractivity (Wildman–Crippen MR) is 93.4 cm³/mol. The maximum Gasteiger partial charge on any atom is 0.269 e. The molecule has 0 aliphatic carbocycles. The van der Waals surface area contributed by atoms with E-state index in [1.807, 2.05) is 13.8 Å². The molecule has 7 heteroatoms. The Kier molecular flexibility index (Phi) is 5.01. The zero-order valence-electron chi connectivity index (χ0n) is 14.5. The van der Waals surface area contributed by atoms with Gasteiger partial charge in [0.15, 0.2) is 11.6 Å². The Morgan fingerprint density at radius 3 is 2.23 bits per heavy atom. The maximum atomic E-state index is 12.4. The molecule has 0 bridgehead atoms. The molecule has 26 heavy (non-hydrogen) atoms. The summed E-state index contributed by atoms with van der Waals surface area (Å²) in [6.07, 6.45) is -0.133. The smallest absolute Gasteiger partial charge is 0.269 e. The fourth-order valence-electron chi connectivity index (χ4n) is 2.64. The largest absolute Gasteiger partial charge is 0.491 e. The molecule has 0 radical (unpaired) electrons. The number of nitro groups is 1. The average molecular weight is 357 g/mol. The number of benzene rings is 2. The molecule has 3 rings (SSSR count). The Hall–Kier alpha value is -2.77. The highest BCUT2D eigenvalue weighted by molar-refractivity contribution is 6.09. The van der Waals surface area contributed by atoms with Gasteiger partial charge < -0.3 is 14.2 Å². The first kappa shape index (κ1) is 18.0. The van der Waals surface area contributed by atoms with Crippen LogP contribution >= 0.6 is 0 Å². The van der Waals surface area contributed by atoms with E-state index in [0.717, 1.165) is 0 Å². The summed E-state index contributed by atoms with van der Waals surface area (Å²) in [4.78, 5) is 22.6. The van der Waals surface area contributed by atoms with E-state index < -0.39 is 10.7 Å². The van der Waals surface area contributed by atoms with Crippen molar-refractivity contribution in [1.82, 2.24) is 0 Å². The van der Waals surface area contributed by atoms with Gasteiger partial charge in [-0.25, -0.2) is 0 Å². The van der Waals surface area contributed by atoms with Crippen molar-refractivity contribution < 1.29 is 23.9 Å². The molecule has 1 atom stereocenters. The molecule has 1 aliphatic heterocycles. The summed E-state index contributed by atoms with van der Waals surface area (Å²) in [6.45, 7) is 4.54. The van der Waals surface area contributed by atoms with E-state index >= 15 is 0 Å². The van der Waals surface area contributed by atoms with Gasteiger partial charge in [-0.2, -0.15) is 0 Å². The highest BCUT2D eigenvalue weighted by Crippen LogP contribution is 2.23. The summed E-state index contributed by atoms with van der Waals surface area (Å²) >= 11 is 0. The van der Waals surface area contributed by atoms with Crippen LogP contribution in [0.4, 0.5) is 5.69 Å². The molecular formula is C19H19NO6.